The second-order valence-corrected chi connectivity index (χ2v) is 6.35. The van der Waals surface area contributed by atoms with Crippen molar-refractivity contribution in [2.75, 3.05) is 0 Å². The molecule has 1 N–H and O–H groups in total. The summed E-state index contributed by atoms with van der Waals surface area (Å²) in [5.41, 5.74) is 5.69. The molecule has 3 rings (SSSR count). The van der Waals surface area contributed by atoms with Crippen LogP contribution in [-0.2, 0) is 6.61 Å². The second-order valence-electron chi connectivity index (χ2n) is 6.35. The van der Waals surface area contributed by atoms with Gasteiger partial charge in [0.2, 0.25) is 0 Å². The zero-order chi connectivity index (χ0) is 20.6. The third-order valence-electron chi connectivity index (χ3n) is 4.13. The predicted molar refractivity (Wildman–Crippen MR) is 110 cm³/mol. The number of amides is 1. The molecule has 0 unspecified atom stereocenters. The van der Waals surface area contributed by atoms with Gasteiger partial charge >= 0.3 is 0 Å². The summed E-state index contributed by atoms with van der Waals surface area (Å²) in [7, 11) is 0. The van der Waals surface area contributed by atoms with Gasteiger partial charge in [-0.1, -0.05) is 29.8 Å². The van der Waals surface area contributed by atoms with E-state index in [4.69, 9.17) is 4.74 Å². The van der Waals surface area contributed by atoms with Crippen molar-refractivity contribution in [3.05, 3.63) is 105 Å². The van der Waals surface area contributed by atoms with Crippen LogP contribution in [0.4, 0.5) is 5.69 Å². The van der Waals surface area contributed by atoms with Crippen LogP contribution < -0.4 is 10.2 Å². The number of nitrogens with zero attached hydrogens (tertiary/aromatic N) is 2. The highest BCUT2D eigenvalue weighted by molar-refractivity contribution is 5.95. The number of non-ortho nitro benzene ring substituents is 1. The number of carbonyl (C=O) groups excluding carboxylic acids is 1. The molecule has 0 heterocycles. The van der Waals surface area contributed by atoms with Crippen molar-refractivity contribution in [2.45, 2.75) is 13.5 Å². The highest BCUT2D eigenvalue weighted by Crippen LogP contribution is 2.14. The minimum atomic E-state index is -0.520. The number of rotatable bonds is 7. The number of nitro benzene ring substituents is 1. The fraction of sp³-hybridized carbons (Fsp3) is 0.0909. The Bertz CT molecular complexity index is 1010. The molecular weight excluding hydrogens is 370 g/mol. The van der Waals surface area contributed by atoms with Crippen LogP contribution in [0, 0.1) is 17.0 Å². The summed E-state index contributed by atoms with van der Waals surface area (Å²) in [6, 6.07) is 20.8. The first kappa shape index (κ1) is 19.8. The van der Waals surface area contributed by atoms with Crippen LogP contribution >= 0.6 is 0 Å². The van der Waals surface area contributed by atoms with E-state index in [1.54, 1.807) is 0 Å². The first-order valence-corrected chi connectivity index (χ1v) is 8.87. The predicted octanol–water partition coefficient (Wildman–Crippen LogP) is 4.25. The Morgan fingerprint density at radius 3 is 2.31 bits per heavy atom. The van der Waals surface area contributed by atoms with E-state index in [1.807, 2.05) is 55.5 Å². The van der Waals surface area contributed by atoms with Crippen LogP contribution in [0.15, 0.2) is 77.9 Å². The molecule has 0 aliphatic heterocycles. The van der Waals surface area contributed by atoms with Gasteiger partial charge in [-0.05, 0) is 54.4 Å². The topological polar surface area (TPSA) is 93.8 Å². The van der Waals surface area contributed by atoms with Crippen molar-refractivity contribution < 1.29 is 14.5 Å². The maximum Gasteiger partial charge on any atom is 0.271 e. The number of hydrazone groups is 1. The van der Waals surface area contributed by atoms with E-state index in [2.05, 4.69) is 10.5 Å². The fourth-order valence-corrected chi connectivity index (χ4v) is 2.47. The van der Waals surface area contributed by atoms with E-state index in [-0.39, 0.29) is 11.3 Å². The molecule has 0 aliphatic carbocycles. The lowest BCUT2D eigenvalue weighted by atomic mass is 10.2. The van der Waals surface area contributed by atoms with Crippen molar-refractivity contribution in [3.63, 3.8) is 0 Å². The number of nitro groups is 1. The zero-order valence-corrected chi connectivity index (χ0v) is 15.7. The van der Waals surface area contributed by atoms with Crippen molar-refractivity contribution >= 4 is 17.8 Å². The number of hydrogen-bond donors (Lipinski definition) is 1. The van der Waals surface area contributed by atoms with Crippen LogP contribution in [0.2, 0.25) is 0 Å². The van der Waals surface area contributed by atoms with Gasteiger partial charge in [0.15, 0.2) is 0 Å². The summed E-state index contributed by atoms with van der Waals surface area (Å²) >= 11 is 0. The van der Waals surface area contributed by atoms with Crippen molar-refractivity contribution in [2.24, 2.45) is 5.10 Å². The minimum absolute atomic E-state index is 0.0743. The lowest BCUT2D eigenvalue weighted by Gasteiger charge is -2.06. The van der Waals surface area contributed by atoms with Crippen LogP contribution in [0.5, 0.6) is 5.75 Å². The van der Waals surface area contributed by atoms with Gasteiger partial charge in [-0.2, -0.15) is 5.10 Å². The Morgan fingerprint density at radius 2 is 1.69 bits per heavy atom. The Morgan fingerprint density at radius 1 is 1.03 bits per heavy atom. The third kappa shape index (κ3) is 5.74. The summed E-state index contributed by atoms with van der Waals surface area (Å²) in [6.45, 7) is 2.53. The highest BCUT2D eigenvalue weighted by atomic mass is 16.6. The van der Waals surface area contributed by atoms with E-state index >= 15 is 0 Å². The molecule has 3 aromatic carbocycles. The largest absolute Gasteiger partial charge is 0.489 e. The number of aryl methyl sites for hydroxylation is 1. The summed E-state index contributed by atoms with van der Waals surface area (Å²) in [5, 5.41) is 14.5. The first-order valence-electron chi connectivity index (χ1n) is 8.87. The molecule has 0 aliphatic rings. The van der Waals surface area contributed by atoms with E-state index in [0.717, 1.165) is 16.9 Å². The normalized spacial score (nSPS) is 10.7. The minimum Gasteiger partial charge on any atom is -0.489 e. The summed E-state index contributed by atoms with van der Waals surface area (Å²) in [5.74, 6) is 0.284. The third-order valence-corrected chi connectivity index (χ3v) is 4.13. The first-order chi connectivity index (χ1) is 14.0. The molecule has 0 saturated carbocycles. The van der Waals surface area contributed by atoms with E-state index in [0.29, 0.717) is 6.61 Å². The quantitative estimate of drug-likeness (QED) is 0.371. The number of ether oxygens (including phenoxy) is 1. The summed E-state index contributed by atoms with van der Waals surface area (Å²) in [4.78, 5) is 22.1. The molecule has 0 bridgehead atoms. The maximum absolute atomic E-state index is 12.0. The van der Waals surface area contributed by atoms with E-state index < -0.39 is 10.8 Å². The second kappa shape index (κ2) is 9.27. The van der Waals surface area contributed by atoms with Gasteiger partial charge < -0.3 is 4.74 Å². The molecule has 0 aromatic heterocycles. The van der Waals surface area contributed by atoms with Crippen molar-refractivity contribution in [3.8, 4) is 5.75 Å². The smallest absolute Gasteiger partial charge is 0.271 e. The maximum atomic E-state index is 12.0. The lowest BCUT2D eigenvalue weighted by molar-refractivity contribution is -0.384. The van der Waals surface area contributed by atoms with Gasteiger partial charge in [0.1, 0.15) is 12.4 Å². The SMILES string of the molecule is Cc1ccc(COc2ccc(C=NNC(=O)c3ccc([N+](=O)[O-])cc3)cc2)cc1. The van der Waals surface area contributed by atoms with Crippen LogP contribution in [-0.4, -0.2) is 17.0 Å². The average Bonchev–Trinajstić information content (AvgIpc) is 2.74. The number of nitrogens with one attached hydrogen (secondary N) is 1. The van der Waals surface area contributed by atoms with Gasteiger partial charge in [0, 0.05) is 17.7 Å². The van der Waals surface area contributed by atoms with Crippen LogP contribution in [0.25, 0.3) is 0 Å². The molecule has 0 spiro atoms. The molecule has 146 valence electrons. The molecule has 0 saturated heterocycles. The van der Waals surface area contributed by atoms with Crippen molar-refractivity contribution in [1.29, 1.82) is 0 Å². The summed E-state index contributed by atoms with van der Waals surface area (Å²) in [6.07, 6.45) is 1.51. The molecule has 29 heavy (non-hydrogen) atoms. The lowest BCUT2D eigenvalue weighted by Crippen LogP contribution is -2.17. The van der Waals surface area contributed by atoms with E-state index in [9.17, 15) is 14.9 Å². The van der Waals surface area contributed by atoms with Gasteiger partial charge in [-0.15, -0.1) is 0 Å². The number of carbonyl (C=O) groups is 1. The Balaban J connectivity index is 1.50. The van der Waals surface area contributed by atoms with Gasteiger partial charge in [0.05, 0.1) is 11.1 Å². The van der Waals surface area contributed by atoms with Gasteiger partial charge in [-0.3, -0.25) is 14.9 Å². The highest BCUT2D eigenvalue weighted by Gasteiger charge is 2.08. The molecule has 1 amide bonds. The van der Waals surface area contributed by atoms with Crippen LogP contribution in [0.3, 0.4) is 0 Å². The average molecular weight is 389 g/mol. The van der Waals surface area contributed by atoms with Gasteiger partial charge in [0.25, 0.3) is 11.6 Å². The van der Waals surface area contributed by atoms with Crippen LogP contribution in [0.1, 0.15) is 27.0 Å². The molecule has 3 aromatic rings. The standard InChI is InChI=1S/C22H19N3O4/c1-16-2-4-18(5-3-16)15-29-21-12-6-17(7-13-21)14-23-24-22(26)19-8-10-20(11-9-19)25(27)28/h2-14H,15H2,1H3,(H,24,26). The molecule has 7 nitrogen and oxygen atoms in total. The molecule has 0 fully saturated rings. The van der Waals surface area contributed by atoms with Crippen molar-refractivity contribution in [1.82, 2.24) is 5.43 Å². The van der Waals surface area contributed by atoms with E-state index in [1.165, 1.54) is 36.0 Å². The fourth-order valence-electron chi connectivity index (χ4n) is 2.47. The molecule has 0 radical (unpaired) electrons. The molecule has 7 heteroatoms. The number of hydrogen-bond acceptors (Lipinski definition) is 5. The Kier molecular flexibility index (Phi) is 6.32. The Hall–Kier alpha value is -4.00. The molecule has 0 atom stereocenters. The number of benzene rings is 3. The zero-order valence-electron chi connectivity index (χ0n) is 15.7. The summed E-state index contributed by atoms with van der Waals surface area (Å²) < 4.78 is 5.75. The van der Waals surface area contributed by atoms with Gasteiger partial charge in [-0.25, -0.2) is 5.43 Å². The monoisotopic (exact) mass is 389 g/mol. The molecular formula is C22H19N3O4. The Labute approximate surface area is 167 Å².